The molecule has 1 amide bonds. The highest BCUT2D eigenvalue weighted by atomic mass is 32.1. The lowest BCUT2D eigenvalue weighted by Crippen LogP contribution is -2.37. The Hall–Kier alpha value is -1.13. The van der Waals surface area contributed by atoms with Gasteiger partial charge in [-0.15, -0.1) is 11.3 Å². The molecule has 1 aromatic rings. The van der Waals surface area contributed by atoms with Crippen LogP contribution in [0.2, 0.25) is 0 Å². The Labute approximate surface area is 105 Å². The minimum absolute atomic E-state index is 0.0660. The van der Waals surface area contributed by atoms with Gasteiger partial charge in [-0.3, -0.25) is 4.79 Å². The highest BCUT2D eigenvalue weighted by molar-refractivity contribution is 7.10. The summed E-state index contributed by atoms with van der Waals surface area (Å²) in [6, 6.07) is 4.07. The second-order valence-corrected chi connectivity index (χ2v) is 5.32. The fourth-order valence-corrected chi connectivity index (χ4v) is 2.84. The summed E-state index contributed by atoms with van der Waals surface area (Å²) < 4.78 is 0. The van der Waals surface area contributed by atoms with E-state index in [1.807, 2.05) is 23.6 Å². The third kappa shape index (κ3) is 3.41. The van der Waals surface area contributed by atoms with E-state index in [0.29, 0.717) is 0 Å². The van der Waals surface area contributed by atoms with Crippen LogP contribution in [0.5, 0.6) is 0 Å². The first-order valence-electron chi connectivity index (χ1n) is 5.92. The largest absolute Gasteiger partial charge is 0.396 e. The molecule has 1 aromatic heterocycles. The molecule has 2 unspecified atom stereocenters. The third-order valence-corrected chi connectivity index (χ3v) is 4.00. The standard InChI is InChI=1S/C13H17NO2S/c15-9-10-3-1-5-12(10)14-13(16)7-6-11-4-2-8-17-11/h2,4,6-8,10,12,15H,1,3,5,9H2,(H,14,16)/b7-6+. The summed E-state index contributed by atoms with van der Waals surface area (Å²) in [4.78, 5) is 12.8. The van der Waals surface area contributed by atoms with Crippen molar-refractivity contribution in [2.24, 2.45) is 5.92 Å². The molecular formula is C13H17NO2S. The van der Waals surface area contributed by atoms with Crippen molar-refractivity contribution in [2.45, 2.75) is 25.3 Å². The van der Waals surface area contributed by atoms with E-state index in [1.165, 1.54) is 0 Å². The van der Waals surface area contributed by atoms with Gasteiger partial charge in [-0.25, -0.2) is 0 Å². The van der Waals surface area contributed by atoms with Crippen LogP contribution in [0.3, 0.4) is 0 Å². The molecule has 0 radical (unpaired) electrons. The molecule has 4 heteroatoms. The summed E-state index contributed by atoms with van der Waals surface area (Å²) >= 11 is 1.61. The molecule has 1 fully saturated rings. The predicted molar refractivity (Wildman–Crippen MR) is 69.7 cm³/mol. The summed E-state index contributed by atoms with van der Waals surface area (Å²) in [5.41, 5.74) is 0. The summed E-state index contributed by atoms with van der Waals surface area (Å²) in [5, 5.41) is 14.1. The number of hydrogen-bond donors (Lipinski definition) is 2. The quantitative estimate of drug-likeness (QED) is 0.805. The van der Waals surface area contributed by atoms with Gasteiger partial charge < -0.3 is 10.4 Å². The maximum absolute atomic E-state index is 11.7. The van der Waals surface area contributed by atoms with Crippen molar-refractivity contribution in [1.82, 2.24) is 5.32 Å². The first-order chi connectivity index (χ1) is 8.29. The van der Waals surface area contributed by atoms with Crippen LogP contribution in [-0.4, -0.2) is 23.7 Å². The Morgan fingerprint density at radius 3 is 3.18 bits per heavy atom. The van der Waals surface area contributed by atoms with E-state index in [1.54, 1.807) is 17.4 Å². The summed E-state index contributed by atoms with van der Waals surface area (Å²) in [6.45, 7) is 0.166. The van der Waals surface area contributed by atoms with Gasteiger partial charge in [-0.2, -0.15) is 0 Å². The normalized spacial score (nSPS) is 24.3. The number of aliphatic hydroxyl groups excluding tert-OH is 1. The SMILES string of the molecule is O=C(/C=C/c1cccs1)NC1CCCC1CO. The van der Waals surface area contributed by atoms with Crippen LogP contribution < -0.4 is 5.32 Å². The van der Waals surface area contributed by atoms with Gasteiger partial charge >= 0.3 is 0 Å². The molecule has 2 rings (SSSR count). The second-order valence-electron chi connectivity index (χ2n) is 4.34. The molecule has 0 aliphatic heterocycles. The highest BCUT2D eigenvalue weighted by Crippen LogP contribution is 2.24. The van der Waals surface area contributed by atoms with E-state index in [9.17, 15) is 4.79 Å². The smallest absolute Gasteiger partial charge is 0.244 e. The molecule has 0 bridgehead atoms. The Balaban J connectivity index is 1.85. The number of carbonyl (C=O) groups is 1. The molecule has 0 saturated heterocycles. The zero-order chi connectivity index (χ0) is 12.1. The van der Waals surface area contributed by atoms with Gasteiger partial charge in [0.15, 0.2) is 0 Å². The Kier molecular flexibility index (Phi) is 4.34. The molecule has 0 spiro atoms. The highest BCUT2D eigenvalue weighted by Gasteiger charge is 2.27. The fraction of sp³-hybridized carbons (Fsp3) is 0.462. The number of carbonyl (C=O) groups excluding carboxylic acids is 1. The fourth-order valence-electron chi connectivity index (χ4n) is 2.22. The van der Waals surface area contributed by atoms with Crippen LogP contribution in [0.4, 0.5) is 0 Å². The Morgan fingerprint density at radius 1 is 1.59 bits per heavy atom. The van der Waals surface area contributed by atoms with E-state index in [2.05, 4.69) is 5.32 Å². The second kappa shape index (κ2) is 5.98. The minimum atomic E-state index is -0.0660. The van der Waals surface area contributed by atoms with Gasteiger partial charge in [0.1, 0.15) is 0 Å². The minimum Gasteiger partial charge on any atom is -0.396 e. The van der Waals surface area contributed by atoms with Gasteiger partial charge in [0.2, 0.25) is 5.91 Å². The first-order valence-corrected chi connectivity index (χ1v) is 6.80. The third-order valence-electron chi connectivity index (χ3n) is 3.16. The molecule has 3 nitrogen and oxygen atoms in total. The number of nitrogens with one attached hydrogen (secondary N) is 1. The molecule has 1 aliphatic carbocycles. The average molecular weight is 251 g/mol. The molecule has 2 atom stereocenters. The molecule has 2 N–H and O–H groups in total. The van der Waals surface area contributed by atoms with Crippen molar-refractivity contribution >= 4 is 23.3 Å². The van der Waals surface area contributed by atoms with Crippen LogP contribution in [0.1, 0.15) is 24.1 Å². The summed E-state index contributed by atoms with van der Waals surface area (Å²) in [5.74, 6) is 0.165. The zero-order valence-electron chi connectivity index (χ0n) is 9.63. The maximum atomic E-state index is 11.7. The van der Waals surface area contributed by atoms with Crippen molar-refractivity contribution in [3.8, 4) is 0 Å². The number of aliphatic hydroxyl groups is 1. The molecule has 0 aromatic carbocycles. The van der Waals surface area contributed by atoms with Crippen LogP contribution in [0.15, 0.2) is 23.6 Å². The average Bonchev–Trinajstić information content (AvgIpc) is 2.97. The van der Waals surface area contributed by atoms with Crippen molar-refractivity contribution in [2.75, 3.05) is 6.61 Å². The van der Waals surface area contributed by atoms with E-state index in [0.717, 1.165) is 24.1 Å². The lowest BCUT2D eigenvalue weighted by molar-refractivity contribution is -0.117. The van der Waals surface area contributed by atoms with Crippen molar-refractivity contribution in [1.29, 1.82) is 0 Å². The van der Waals surface area contributed by atoms with E-state index >= 15 is 0 Å². The lowest BCUT2D eigenvalue weighted by atomic mass is 10.1. The van der Waals surface area contributed by atoms with E-state index in [4.69, 9.17) is 5.11 Å². The Morgan fingerprint density at radius 2 is 2.47 bits per heavy atom. The number of thiophene rings is 1. The van der Waals surface area contributed by atoms with E-state index < -0.39 is 0 Å². The van der Waals surface area contributed by atoms with Crippen molar-refractivity contribution in [3.63, 3.8) is 0 Å². The molecule has 1 saturated carbocycles. The first kappa shape index (κ1) is 12.3. The van der Waals surface area contributed by atoms with Gasteiger partial charge in [0.25, 0.3) is 0 Å². The summed E-state index contributed by atoms with van der Waals surface area (Å²) in [7, 11) is 0. The number of rotatable bonds is 4. The predicted octanol–water partition coefficient (Wildman–Crippen LogP) is 2.04. The summed E-state index contributed by atoms with van der Waals surface area (Å²) in [6.07, 6.45) is 6.46. The lowest BCUT2D eigenvalue weighted by Gasteiger charge is -2.17. The zero-order valence-corrected chi connectivity index (χ0v) is 10.5. The topological polar surface area (TPSA) is 49.3 Å². The molecule has 17 heavy (non-hydrogen) atoms. The number of hydrogen-bond acceptors (Lipinski definition) is 3. The molecule has 1 aliphatic rings. The monoisotopic (exact) mass is 251 g/mol. The Bertz CT molecular complexity index is 386. The molecule has 92 valence electrons. The maximum Gasteiger partial charge on any atom is 0.244 e. The van der Waals surface area contributed by atoms with Gasteiger partial charge in [-0.05, 0) is 30.4 Å². The molecular weight excluding hydrogens is 234 g/mol. The van der Waals surface area contributed by atoms with Crippen LogP contribution in [-0.2, 0) is 4.79 Å². The van der Waals surface area contributed by atoms with Crippen molar-refractivity contribution < 1.29 is 9.90 Å². The van der Waals surface area contributed by atoms with Gasteiger partial charge in [0.05, 0.1) is 0 Å². The van der Waals surface area contributed by atoms with Gasteiger partial charge in [0, 0.05) is 29.5 Å². The number of amides is 1. The molecule has 1 heterocycles. The van der Waals surface area contributed by atoms with Crippen LogP contribution >= 0.6 is 11.3 Å². The van der Waals surface area contributed by atoms with Crippen molar-refractivity contribution in [3.05, 3.63) is 28.5 Å². The van der Waals surface area contributed by atoms with Crippen LogP contribution in [0.25, 0.3) is 6.08 Å². The van der Waals surface area contributed by atoms with Crippen LogP contribution in [0, 0.1) is 5.92 Å². The van der Waals surface area contributed by atoms with Gasteiger partial charge in [-0.1, -0.05) is 12.5 Å². The van der Waals surface area contributed by atoms with E-state index in [-0.39, 0.29) is 24.5 Å².